The average Bonchev–Trinajstić information content (AvgIpc) is 3.58. The molecule has 8 aromatic rings. The molecule has 2 aromatic heterocycles. The second-order valence-electron chi connectivity index (χ2n) is 12.7. The molecule has 1 amide bonds. The Morgan fingerprint density at radius 3 is 1.27 bits per heavy atom. The van der Waals surface area contributed by atoms with Crippen LogP contribution >= 0.6 is 0 Å². The van der Waals surface area contributed by atoms with Crippen molar-refractivity contribution in [1.29, 1.82) is 0 Å². The molecular weight excluding hydrogens is 654 g/mol. The number of aliphatic carboxylic acids is 1. The minimum atomic E-state index is -0.914. The minimum Gasteiger partial charge on any atom is -0.481 e. The Kier molecular flexibility index (Phi) is 9.53. The van der Waals surface area contributed by atoms with Gasteiger partial charge in [-0.1, -0.05) is 109 Å². The van der Waals surface area contributed by atoms with Crippen LogP contribution in [0.4, 0.5) is 0 Å². The highest BCUT2D eigenvalue weighted by molar-refractivity contribution is 5.87. The lowest BCUT2D eigenvalue weighted by Gasteiger charge is -2.08. The van der Waals surface area contributed by atoms with Gasteiger partial charge in [0, 0.05) is 19.5 Å². The van der Waals surface area contributed by atoms with E-state index in [1.807, 2.05) is 97.1 Å². The molecule has 8 rings (SSSR count). The van der Waals surface area contributed by atoms with Crippen LogP contribution in [-0.2, 0) is 35.8 Å². The molecule has 2 heterocycles. The smallest absolute Gasteiger partial charge is 0.329 e. The molecule has 0 aliphatic heterocycles. The van der Waals surface area contributed by atoms with Crippen LogP contribution in [0.5, 0.6) is 0 Å². The van der Waals surface area contributed by atoms with E-state index in [0.29, 0.717) is 13.1 Å². The largest absolute Gasteiger partial charge is 0.481 e. The summed E-state index contributed by atoms with van der Waals surface area (Å²) in [7, 11) is 0. The lowest BCUT2D eigenvalue weighted by Crippen LogP contribution is -2.26. The van der Waals surface area contributed by atoms with E-state index >= 15 is 0 Å². The van der Waals surface area contributed by atoms with Gasteiger partial charge in [0.25, 0.3) is 0 Å². The Hall–Kier alpha value is -6.68. The summed E-state index contributed by atoms with van der Waals surface area (Å²) in [5.74, 6) is -1.33. The number of nitrogens with two attached hydrogens (primary N) is 1. The monoisotopic (exact) mass is 691 g/mol. The van der Waals surface area contributed by atoms with Crippen molar-refractivity contribution < 1.29 is 14.7 Å². The molecule has 0 saturated carbocycles. The highest BCUT2D eigenvalue weighted by Gasteiger charge is 2.16. The summed E-state index contributed by atoms with van der Waals surface area (Å²) in [5, 5.41) is 13.5. The molecule has 0 unspecified atom stereocenters. The Labute approximate surface area is 298 Å². The zero-order valence-electron chi connectivity index (χ0n) is 28.4. The third-order valence-corrected chi connectivity index (χ3v) is 9.40. The van der Waals surface area contributed by atoms with Gasteiger partial charge in [-0.25, -0.2) is 9.59 Å². The predicted octanol–water partition coefficient (Wildman–Crippen LogP) is 6.36. The third-order valence-electron chi connectivity index (χ3n) is 9.40. The summed E-state index contributed by atoms with van der Waals surface area (Å²) in [4.78, 5) is 48.1. The van der Waals surface area contributed by atoms with Crippen LogP contribution in [0.1, 0.15) is 24.0 Å². The van der Waals surface area contributed by atoms with Crippen LogP contribution in [0.25, 0.3) is 43.6 Å². The van der Waals surface area contributed by atoms with Crippen molar-refractivity contribution in [2.45, 2.75) is 39.0 Å². The molecule has 0 aliphatic rings. The van der Waals surface area contributed by atoms with E-state index in [9.17, 15) is 19.2 Å². The Balaban J connectivity index is 0.000000162. The summed E-state index contributed by atoms with van der Waals surface area (Å²) < 4.78 is 6.66. The lowest BCUT2D eigenvalue weighted by atomic mass is 10.0. The number of carboxylic acid groups (broad SMARTS) is 1. The van der Waals surface area contributed by atoms with E-state index in [0.717, 1.165) is 54.7 Å². The summed E-state index contributed by atoms with van der Waals surface area (Å²) in [6.07, 6.45) is 0.0599. The van der Waals surface area contributed by atoms with E-state index in [4.69, 9.17) is 10.8 Å². The zero-order valence-corrected chi connectivity index (χ0v) is 28.4. The van der Waals surface area contributed by atoms with Crippen molar-refractivity contribution in [3.05, 3.63) is 166 Å². The normalized spacial score (nSPS) is 11.2. The fraction of sp³-hybridized carbons (Fsp3) is 0.143. The Bertz CT molecular complexity index is 2520. The number of imidazole rings is 2. The fourth-order valence-corrected chi connectivity index (χ4v) is 6.91. The fourth-order valence-electron chi connectivity index (χ4n) is 6.91. The maximum Gasteiger partial charge on any atom is 0.329 e. The van der Waals surface area contributed by atoms with Gasteiger partial charge in [0.2, 0.25) is 5.91 Å². The molecule has 0 radical (unpaired) electrons. The number of amides is 1. The molecule has 3 N–H and O–H groups in total. The maximum atomic E-state index is 13.0. The quantitative estimate of drug-likeness (QED) is 0.172. The van der Waals surface area contributed by atoms with E-state index in [2.05, 4.69) is 36.4 Å². The van der Waals surface area contributed by atoms with E-state index in [1.165, 1.54) is 0 Å². The Morgan fingerprint density at radius 1 is 0.481 bits per heavy atom. The van der Waals surface area contributed by atoms with Gasteiger partial charge in [-0.2, -0.15) is 0 Å². The zero-order chi connectivity index (χ0) is 36.2. The van der Waals surface area contributed by atoms with Gasteiger partial charge in [0.05, 0.1) is 41.6 Å². The lowest BCUT2D eigenvalue weighted by molar-refractivity contribution is -0.137. The van der Waals surface area contributed by atoms with Gasteiger partial charge in [-0.3, -0.25) is 27.9 Å². The number of benzene rings is 6. The third kappa shape index (κ3) is 6.74. The maximum absolute atomic E-state index is 13.0. The number of para-hydroxylation sites is 4. The number of primary amides is 1. The number of aromatic nitrogens is 4. The SMILES string of the molecule is NC(=O)CCn1c(=O)n(Cc2cccc3ccccc23)c2ccccc21.O=C(O)CCn1c(=O)n(Cc2cccc3ccccc23)c2ccccc21. The molecule has 0 atom stereocenters. The van der Waals surface area contributed by atoms with E-state index < -0.39 is 11.9 Å². The van der Waals surface area contributed by atoms with Gasteiger partial charge >= 0.3 is 17.3 Å². The number of hydrogen-bond donors (Lipinski definition) is 2. The van der Waals surface area contributed by atoms with Crippen LogP contribution in [-0.4, -0.2) is 35.3 Å². The van der Waals surface area contributed by atoms with Gasteiger partial charge in [-0.05, 0) is 56.9 Å². The molecule has 52 heavy (non-hydrogen) atoms. The van der Waals surface area contributed by atoms with Crippen molar-refractivity contribution in [3.8, 4) is 0 Å². The Morgan fingerprint density at radius 2 is 0.846 bits per heavy atom. The number of rotatable bonds is 10. The first-order valence-corrected chi connectivity index (χ1v) is 17.1. The molecule has 10 heteroatoms. The van der Waals surface area contributed by atoms with Gasteiger partial charge in [-0.15, -0.1) is 0 Å². The first kappa shape index (κ1) is 33.8. The topological polar surface area (TPSA) is 134 Å². The number of nitrogens with zero attached hydrogens (tertiary/aromatic N) is 4. The minimum absolute atomic E-state index is 0.0812. The van der Waals surface area contributed by atoms with Gasteiger partial charge < -0.3 is 10.8 Å². The number of aryl methyl sites for hydroxylation is 2. The summed E-state index contributed by atoms with van der Waals surface area (Å²) in [6.45, 7) is 1.37. The van der Waals surface area contributed by atoms with E-state index in [1.54, 1.807) is 18.3 Å². The number of carbonyl (C=O) groups excluding carboxylic acids is 1. The van der Waals surface area contributed by atoms with Crippen LogP contribution in [0, 0.1) is 0 Å². The molecule has 0 bridgehead atoms. The number of hydrogen-bond acceptors (Lipinski definition) is 4. The van der Waals surface area contributed by atoms with Gasteiger partial charge in [0.1, 0.15) is 0 Å². The van der Waals surface area contributed by atoms with Gasteiger partial charge in [0.15, 0.2) is 0 Å². The molecule has 0 spiro atoms. The molecular formula is C42H37N5O5. The summed E-state index contributed by atoms with van der Waals surface area (Å²) in [6, 6.07) is 43.6. The average molecular weight is 692 g/mol. The number of carboxylic acids is 1. The van der Waals surface area contributed by atoms with Crippen LogP contribution in [0.2, 0.25) is 0 Å². The molecule has 0 aliphatic carbocycles. The molecule has 0 saturated heterocycles. The second-order valence-corrected chi connectivity index (χ2v) is 12.7. The van der Waals surface area contributed by atoms with Crippen molar-refractivity contribution in [1.82, 2.24) is 18.3 Å². The molecule has 0 fully saturated rings. The van der Waals surface area contributed by atoms with Crippen LogP contribution in [0.3, 0.4) is 0 Å². The van der Waals surface area contributed by atoms with E-state index in [-0.39, 0.29) is 37.3 Å². The molecule has 6 aromatic carbocycles. The van der Waals surface area contributed by atoms with Crippen LogP contribution in [0.15, 0.2) is 143 Å². The van der Waals surface area contributed by atoms with Crippen molar-refractivity contribution >= 4 is 55.5 Å². The first-order valence-electron chi connectivity index (χ1n) is 17.1. The number of fused-ring (bicyclic) bond motifs is 4. The van der Waals surface area contributed by atoms with Crippen LogP contribution < -0.4 is 17.1 Å². The van der Waals surface area contributed by atoms with Crippen molar-refractivity contribution in [3.63, 3.8) is 0 Å². The molecule has 10 nitrogen and oxygen atoms in total. The molecule has 260 valence electrons. The summed E-state index contributed by atoms with van der Waals surface area (Å²) in [5.41, 5.74) is 10.4. The second kappa shape index (κ2) is 14.7. The predicted molar refractivity (Wildman–Crippen MR) is 205 cm³/mol. The number of carbonyl (C=O) groups is 2. The highest BCUT2D eigenvalue weighted by Crippen LogP contribution is 2.23. The van der Waals surface area contributed by atoms with Crippen molar-refractivity contribution in [2.75, 3.05) is 0 Å². The summed E-state index contributed by atoms with van der Waals surface area (Å²) >= 11 is 0. The van der Waals surface area contributed by atoms with Crippen molar-refractivity contribution in [2.24, 2.45) is 5.73 Å². The standard InChI is InChI=1S/C21H19N3O2.C21H18N2O3/c22-20(25)12-13-23-18-10-3-4-11-19(18)24(21(23)26)14-16-8-5-7-15-6-1-2-9-17(15)16;24-20(25)12-13-22-18-10-3-4-11-19(18)23(21(22)26)14-16-8-5-7-15-6-1-2-9-17(15)16/h1-11H,12-14H2,(H2,22,25);1-11H,12-14H2,(H,24,25). The highest BCUT2D eigenvalue weighted by atomic mass is 16.4. The first-order chi connectivity index (χ1) is 25.3.